The number of aromatic nitrogens is 1. The van der Waals surface area contributed by atoms with Gasteiger partial charge in [-0.25, -0.2) is 0 Å². The molecule has 1 aromatic carbocycles. The maximum atomic E-state index is 12.5. The zero-order chi connectivity index (χ0) is 22.8. The van der Waals surface area contributed by atoms with Gasteiger partial charge in [-0.05, 0) is 30.7 Å². The van der Waals surface area contributed by atoms with Gasteiger partial charge in [-0.3, -0.25) is 14.6 Å². The summed E-state index contributed by atoms with van der Waals surface area (Å²) < 4.78 is 48.2. The van der Waals surface area contributed by atoms with Crippen LogP contribution in [-0.4, -0.2) is 36.6 Å². The van der Waals surface area contributed by atoms with Crippen molar-refractivity contribution < 1.29 is 32.2 Å². The molecule has 2 N–H and O–H groups in total. The summed E-state index contributed by atoms with van der Waals surface area (Å²) in [6, 6.07) is 8.85. The molecule has 2 aliphatic rings. The molecular formula is C21H22F3N3O4. The minimum atomic E-state index is -4.35. The van der Waals surface area contributed by atoms with Gasteiger partial charge in [0.05, 0.1) is 37.3 Å². The highest BCUT2D eigenvalue weighted by atomic mass is 19.4. The monoisotopic (exact) mass is 437 g/mol. The lowest BCUT2D eigenvalue weighted by Gasteiger charge is -2.26. The summed E-state index contributed by atoms with van der Waals surface area (Å²) in [4.78, 5) is 27.8. The largest absolute Gasteiger partial charge is 0.491 e. The maximum absolute atomic E-state index is 12.5. The number of alkyl halides is 3. The highest BCUT2D eigenvalue weighted by Crippen LogP contribution is 2.43. The topological polar surface area (TPSA) is 94.8 Å². The smallest absolute Gasteiger partial charge is 0.392 e. The van der Waals surface area contributed by atoms with E-state index in [0.29, 0.717) is 24.2 Å². The zero-order valence-electron chi connectivity index (χ0n) is 17.0. The van der Waals surface area contributed by atoms with E-state index in [-0.39, 0.29) is 18.2 Å². The third-order valence-electron chi connectivity index (χ3n) is 5.07. The van der Waals surface area contributed by atoms with Crippen LogP contribution < -0.4 is 15.4 Å². The standard InChI is InChI=1S/C11H11F3N2O2.C10H11NO2/c1-10(5-11(12,13)14)7-2-8(9(15)17)16-3-6(7)4-18-10;1-11-8-4-2-3-5-9(8)13-7-6-10(11)12/h2-3H,4-5H2,1H3,(H2,15,17);2-5H,6-7H2,1H3. The minimum absolute atomic E-state index is 0.0496. The molecule has 3 heterocycles. The Hall–Kier alpha value is -3.14. The molecule has 0 radical (unpaired) electrons. The van der Waals surface area contributed by atoms with Gasteiger partial charge < -0.3 is 20.1 Å². The Kier molecular flexibility index (Phi) is 6.21. The fourth-order valence-corrected chi connectivity index (χ4v) is 3.48. The van der Waals surface area contributed by atoms with E-state index < -0.39 is 24.1 Å². The van der Waals surface area contributed by atoms with Gasteiger partial charge >= 0.3 is 6.18 Å². The van der Waals surface area contributed by atoms with Crippen molar-refractivity contribution in [2.75, 3.05) is 18.6 Å². The maximum Gasteiger partial charge on any atom is 0.392 e. The van der Waals surface area contributed by atoms with Crippen molar-refractivity contribution in [3.8, 4) is 5.75 Å². The molecule has 2 amide bonds. The normalized spacial score (nSPS) is 20.0. The number of ether oxygens (including phenoxy) is 2. The van der Waals surface area contributed by atoms with E-state index >= 15 is 0 Å². The number of hydrogen-bond acceptors (Lipinski definition) is 5. The number of benzene rings is 1. The average Bonchev–Trinajstić information content (AvgIpc) is 2.94. The van der Waals surface area contributed by atoms with Gasteiger partial charge in [0, 0.05) is 18.8 Å². The van der Waals surface area contributed by atoms with Gasteiger partial charge in [0.25, 0.3) is 5.91 Å². The van der Waals surface area contributed by atoms with Crippen molar-refractivity contribution in [3.05, 3.63) is 53.3 Å². The van der Waals surface area contributed by atoms with E-state index in [4.69, 9.17) is 15.2 Å². The first-order valence-corrected chi connectivity index (χ1v) is 9.48. The first-order chi connectivity index (χ1) is 14.5. The Morgan fingerprint density at radius 1 is 1.32 bits per heavy atom. The quantitative estimate of drug-likeness (QED) is 0.778. The van der Waals surface area contributed by atoms with Crippen LogP contribution in [0.2, 0.25) is 0 Å². The summed E-state index contributed by atoms with van der Waals surface area (Å²) in [7, 11) is 1.77. The number of nitrogens with two attached hydrogens (primary N) is 1. The highest BCUT2D eigenvalue weighted by molar-refractivity contribution is 5.95. The summed E-state index contributed by atoms with van der Waals surface area (Å²) in [6.07, 6.45) is -3.69. The van der Waals surface area contributed by atoms with Crippen molar-refractivity contribution in [2.24, 2.45) is 5.73 Å². The van der Waals surface area contributed by atoms with E-state index in [9.17, 15) is 22.8 Å². The number of rotatable bonds is 2. The number of carbonyl (C=O) groups excluding carboxylic acids is 2. The molecule has 0 saturated carbocycles. The van der Waals surface area contributed by atoms with Crippen LogP contribution >= 0.6 is 0 Å². The Morgan fingerprint density at radius 3 is 2.71 bits per heavy atom. The zero-order valence-corrected chi connectivity index (χ0v) is 17.0. The van der Waals surface area contributed by atoms with Crippen LogP contribution in [0.1, 0.15) is 41.4 Å². The molecule has 1 aromatic heterocycles. The fourth-order valence-electron chi connectivity index (χ4n) is 3.48. The number of primary amides is 1. The van der Waals surface area contributed by atoms with Gasteiger partial charge in [0.15, 0.2) is 0 Å². The SMILES string of the molecule is CC1(CC(F)(F)F)OCc2cnc(C(N)=O)cc21.CN1C(=O)CCOc2ccccc21. The van der Waals surface area contributed by atoms with Gasteiger partial charge in [0.1, 0.15) is 11.4 Å². The molecule has 1 atom stereocenters. The molecule has 0 saturated heterocycles. The molecule has 0 fully saturated rings. The predicted octanol–water partition coefficient (Wildman–Crippen LogP) is 3.31. The Bertz CT molecular complexity index is 996. The van der Waals surface area contributed by atoms with E-state index in [1.165, 1.54) is 19.2 Å². The summed E-state index contributed by atoms with van der Waals surface area (Å²) in [5.74, 6) is 0.111. The summed E-state index contributed by atoms with van der Waals surface area (Å²) in [5, 5.41) is 0. The Morgan fingerprint density at radius 2 is 2.03 bits per heavy atom. The van der Waals surface area contributed by atoms with Crippen LogP contribution in [0.15, 0.2) is 36.5 Å². The second-order valence-electron chi connectivity index (χ2n) is 7.42. The predicted molar refractivity (Wildman–Crippen MR) is 106 cm³/mol. The van der Waals surface area contributed by atoms with Crippen LogP contribution in [0.5, 0.6) is 5.75 Å². The second-order valence-corrected chi connectivity index (χ2v) is 7.42. The summed E-state index contributed by atoms with van der Waals surface area (Å²) in [6.45, 7) is 1.87. The van der Waals surface area contributed by atoms with Crippen molar-refractivity contribution >= 4 is 17.5 Å². The number of anilines is 1. The molecule has 4 rings (SSSR count). The van der Waals surface area contributed by atoms with Crippen LogP contribution in [0.3, 0.4) is 0 Å². The number of para-hydroxylation sites is 2. The van der Waals surface area contributed by atoms with Crippen LogP contribution in [-0.2, 0) is 21.7 Å². The molecule has 7 nitrogen and oxygen atoms in total. The molecule has 2 aliphatic heterocycles. The van der Waals surface area contributed by atoms with Gasteiger partial charge in [-0.2, -0.15) is 13.2 Å². The van der Waals surface area contributed by atoms with Crippen molar-refractivity contribution in [2.45, 2.75) is 38.1 Å². The molecule has 166 valence electrons. The van der Waals surface area contributed by atoms with Crippen molar-refractivity contribution in [1.29, 1.82) is 0 Å². The van der Waals surface area contributed by atoms with Gasteiger partial charge in [-0.1, -0.05) is 12.1 Å². The number of nitrogens with zero attached hydrogens (tertiary/aromatic N) is 2. The van der Waals surface area contributed by atoms with Crippen molar-refractivity contribution in [3.63, 3.8) is 0 Å². The lowest BCUT2D eigenvalue weighted by Crippen LogP contribution is -2.29. The average molecular weight is 437 g/mol. The van der Waals surface area contributed by atoms with Gasteiger partial charge in [0.2, 0.25) is 5.91 Å². The number of hydrogen-bond donors (Lipinski definition) is 1. The second kappa shape index (κ2) is 8.54. The lowest BCUT2D eigenvalue weighted by atomic mass is 9.91. The third kappa shape index (κ3) is 5.13. The molecule has 1 unspecified atom stereocenters. The third-order valence-corrected chi connectivity index (χ3v) is 5.07. The highest BCUT2D eigenvalue weighted by Gasteiger charge is 2.45. The first kappa shape index (κ1) is 22.5. The van der Waals surface area contributed by atoms with E-state index in [1.807, 2.05) is 24.3 Å². The van der Waals surface area contributed by atoms with E-state index in [2.05, 4.69) is 4.98 Å². The molecule has 2 aromatic rings. The molecule has 10 heteroatoms. The van der Waals surface area contributed by atoms with Crippen molar-refractivity contribution in [1.82, 2.24) is 4.98 Å². The minimum Gasteiger partial charge on any atom is -0.491 e. The molecule has 0 bridgehead atoms. The molecule has 0 aliphatic carbocycles. The number of amides is 2. The molecule has 0 spiro atoms. The lowest BCUT2D eigenvalue weighted by molar-refractivity contribution is -0.184. The number of pyridine rings is 1. The van der Waals surface area contributed by atoms with E-state index in [0.717, 1.165) is 11.4 Å². The first-order valence-electron chi connectivity index (χ1n) is 9.48. The summed E-state index contributed by atoms with van der Waals surface area (Å²) >= 11 is 0. The Labute approximate surface area is 176 Å². The summed E-state index contributed by atoms with van der Waals surface area (Å²) in [5.41, 5.74) is 5.23. The van der Waals surface area contributed by atoms with Crippen LogP contribution in [0, 0.1) is 0 Å². The van der Waals surface area contributed by atoms with Gasteiger partial charge in [-0.15, -0.1) is 0 Å². The number of fused-ring (bicyclic) bond motifs is 2. The number of halogens is 3. The Balaban J connectivity index is 0.000000185. The number of carbonyl (C=O) groups is 2. The molecule has 31 heavy (non-hydrogen) atoms. The van der Waals surface area contributed by atoms with E-state index in [1.54, 1.807) is 11.9 Å². The fraction of sp³-hybridized carbons (Fsp3) is 0.381. The molecular weight excluding hydrogens is 415 g/mol. The van der Waals surface area contributed by atoms with Crippen LogP contribution in [0.4, 0.5) is 18.9 Å². The van der Waals surface area contributed by atoms with Crippen LogP contribution in [0.25, 0.3) is 0 Å².